The number of nitrogens with one attached hydrogen (secondary N) is 2. The lowest BCUT2D eigenvalue weighted by Gasteiger charge is -2.24. The van der Waals surface area contributed by atoms with Crippen molar-refractivity contribution in [3.63, 3.8) is 0 Å². The lowest BCUT2D eigenvalue weighted by atomic mass is 10.0. The fourth-order valence-corrected chi connectivity index (χ4v) is 1.76. The molecule has 0 aliphatic carbocycles. The van der Waals surface area contributed by atoms with Crippen LogP contribution in [0.5, 0.6) is 5.75 Å². The maximum atomic E-state index is 12.1. The van der Waals surface area contributed by atoms with E-state index in [9.17, 15) is 9.59 Å². The third-order valence-electron chi connectivity index (χ3n) is 2.88. The Morgan fingerprint density at radius 3 is 2.50 bits per heavy atom. The van der Waals surface area contributed by atoms with Gasteiger partial charge in [0.25, 0.3) is 0 Å². The van der Waals surface area contributed by atoms with Gasteiger partial charge >= 0.3 is 5.97 Å². The van der Waals surface area contributed by atoms with Gasteiger partial charge in [0.15, 0.2) is 0 Å². The van der Waals surface area contributed by atoms with Crippen molar-refractivity contribution in [3.05, 3.63) is 23.8 Å². The molecule has 0 radical (unpaired) electrons. The number of benzene rings is 1. The van der Waals surface area contributed by atoms with Gasteiger partial charge in [-0.25, -0.2) is 4.79 Å². The van der Waals surface area contributed by atoms with Crippen molar-refractivity contribution in [1.82, 2.24) is 5.32 Å². The minimum Gasteiger partial charge on any atom is -0.496 e. The molecule has 20 heavy (non-hydrogen) atoms. The molecule has 1 rings (SSSR count). The van der Waals surface area contributed by atoms with Crippen LogP contribution in [0, 0.1) is 0 Å². The number of hydrogen-bond donors (Lipinski definition) is 3. The molecule has 0 aliphatic heterocycles. The second kappa shape index (κ2) is 6.38. The van der Waals surface area contributed by atoms with Gasteiger partial charge in [0, 0.05) is 11.8 Å². The zero-order valence-electron chi connectivity index (χ0n) is 12.1. The Kier molecular flexibility index (Phi) is 5.10. The number of aromatic carboxylic acids is 1. The Morgan fingerprint density at radius 2 is 2.00 bits per heavy atom. The first-order valence-corrected chi connectivity index (χ1v) is 6.29. The normalized spacial score (nSPS) is 11.0. The second-order valence-corrected chi connectivity index (χ2v) is 4.83. The maximum Gasteiger partial charge on any atom is 0.339 e. The molecule has 0 fully saturated rings. The van der Waals surface area contributed by atoms with E-state index in [1.807, 2.05) is 6.92 Å². The number of carboxylic acids is 1. The molecule has 0 unspecified atom stereocenters. The molecule has 6 heteroatoms. The van der Waals surface area contributed by atoms with Crippen LogP contribution < -0.4 is 15.4 Å². The van der Waals surface area contributed by atoms with Crippen molar-refractivity contribution in [3.8, 4) is 5.75 Å². The van der Waals surface area contributed by atoms with Gasteiger partial charge in [-0.05, 0) is 32.5 Å². The summed E-state index contributed by atoms with van der Waals surface area (Å²) in [6, 6.07) is 4.42. The van der Waals surface area contributed by atoms with Crippen molar-refractivity contribution in [1.29, 1.82) is 0 Å². The largest absolute Gasteiger partial charge is 0.496 e. The number of amides is 1. The first kappa shape index (κ1) is 16.0. The Balaban J connectivity index is 2.94. The summed E-state index contributed by atoms with van der Waals surface area (Å²) in [6.45, 7) is 6.13. The van der Waals surface area contributed by atoms with Crippen LogP contribution in [-0.4, -0.2) is 36.2 Å². The molecule has 3 N–H and O–H groups in total. The molecule has 0 bridgehead atoms. The highest BCUT2D eigenvalue weighted by Crippen LogP contribution is 2.23. The number of ether oxygens (including phenoxy) is 1. The van der Waals surface area contributed by atoms with Crippen molar-refractivity contribution >= 4 is 17.6 Å². The predicted molar refractivity (Wildman–Crippen MR) is 76.3 cm³/mol. The molecule has 0 heterocycles. The van der Waals surface area contributed by atoms with Crippen LogP contribution >= 0.6 is 0 Å². The summed E-state index contributed by atoms with van der Waals surface area (Å²) >= 11 is 0. The average Bonchev–Trinajstić information content (AvgIpc) is 2.38. The van der Waals surface area contributed by atoms with Gasteiger partial charge in [0.1, 0.15) is 11.3 Å². The third kappa shape index (κ3) is 3.71. The van der Waals surface area contributed by atoms with E-state index in [0.29, 0.717) is 12.2 Å². The fourth-order valence-electron chi connectivity index (χ4n) is 1.76. The minimum absolute atomic E-state index is 0.0523. The number of carbonyl (C=O) groups excluding carboxylic acids is 1. The molecule has 0 saturated heterocycles. The molecule has 110 valence electrons. The summed E-state index contributed by atoms with van der Waals surface area (Å²) < 4.78 is 5.01. The van der Waals surface area contributed by atoms with Gasteiger partial charge < -0.3 is 20.5 Å². The molecule has 1 aromatic carbocycles. The Labute approximate surface area is 118 Å². The number of likely N-dealkylation sites (N-methyl/N-ethyl adjacent to an activating group) is 1. The average molecular weight is 280 g/mol. The molecular formula is C14H20N2O4. The topological polar surface area (TPSA) is 87.7 Å². The summed E-state index contributed by atoms with van der Waals surface area (Å²) in [7, 11) is 1.38. The van der Waals surface area contributed by atoms with Crippen LogP contribution in [0.15, 0.2) is 18.2 Å². The number of anilines is 1. The molecule has 0 spiro atoms. The van der Waals surface area contributed by atoms with E-state index < -0.39 is 11.5 Å². The zero-order valence-corrected chi connectivity index (χ0v) is 12.1. The van der Waals surface area contributed by atoms with Crippen LogP contribution in [0.3, 0.4) is 0 Å². The number of hydrogen-bond acceptors (Lipinski definition) is 4. The van der Waals surface area contributed by atoms with Gasteiger partial charge in [0.05, 0.1) is 12.6 Å². The lowest BCUT2D eigenvalue weighted by Crippen LogP contribution is -2.49. The highest BCUT2D eigenvalue weighted by atomic mass is 16.5. The molecule has 1 amide bonds. The number of carbonyl (C=O) groups is 2. The second-order valence-electron chi connectivity index (χ2n) is 4.83. The van der Waals surface area contributed by atoms with E-state index in [2.05, 4.69) is 10.6 Å². The highest BCUT2D eigenvalue weighted by molar-refractivity contribution is 5.98. The standard InChI is InChI=1S/C14H20N2O4/c1-5-15-14(2,3)13(19)16-9-6-7-10(12(17)18)11(8-9)20-4/h6-8,15H,5H2,1-4H3,(H,16,19)(H,17,18). The molecule has 0 aromatic heterocycles. The minimum atomic E-state index is -1.08. The Hall–Kier alpha value is -2.08. The molecule has 0 atom stereocenters. The van der Waals surface area contributed by atoms with Gasteiger partial charge in [0.2, 0.25) is 5.91 Å². The molecular weight excluding hydrogens is 260 g/mol. The number of methoxy groups -OCH3 is 1. The summed E-state index contributed by atoms with van der Waals surface area (Å²) in [4.78, 5) is 23.1. The summed E-state index contributed by atoms with van der Waals surface area (Å²) in [5, 5.41) is 14.8. The van der Waals surface area contributed by atoms with Crippen molar-refractivity contribution in [2.75, 3.05) is 19.0 Å². The first-order valence-electron chi connectivity index (χ1n) is 6.29. The number of rotatable bonds is 6. The van der Waals surface area contributed by atoms with E-state index in [0.717, 1.165) is 0 Å². The van der Waals surface area contributed by atoms with Gasteiger partial charge in [-0.2, -0.15) is 0 Å². The quantitative estimate of drug-likeness (QED) is 0.738. The molecule has 1 aromatic rings. The predicted octanol–water partition coefficient (Wildman–Crippen LogP) is 1.72. The monoisotopic (exact) mass is 280 g/mol. The Morgan fingerprint density at radius 1 is 1.35 bits per heavy atom. The van der Waals surface area contributed by atoms with Crippen molar-refractivity contribution in [2.24, 2.45) is 0 Å². The van der Waals surface area contributed by atoms with Gasteiger partial charge in [-0.15, -0.1) is 0 Å². The summed E-state index contributed by atoms with van der Waals surface area (Å²) in [6.07, 6.45) is 0. The van der Waals surface area contributed by atoms with E-state index in [1.54, 1.807) is 13.8 Å². The van der Waals surface area contributed by atoms with E-state index >= 15 is 0 Å². The molecule has 0 aliphatic rings. The highest BCUT2D eigenvalue weighted by Gasteiger charge is 2.26. The van der Waals surface area contributed by atoms with Crippen molar-refractivity contribution < 1.29 is 19.4 Å². The van der Waals surface area contributed by atoms with Gasteiger partial charge in [-0.1, -0.05) is 6.92 Å². The zero-order chi connectivity index (χ0) is 15.3. The van der Waals surface area contributed by atoms with E-state index in [4.69, 9.17) is 9.84 Å². The fraction of sp³-hybridized carbons (Fsp3) is 0.429. The third-order valence-corrected chi connectivity index (χ3v) is 2.88. The van der Waals surface area contributed by atoms with Crippen LogP contribution in [0.2, 0.25) is 0 Å². The smallest absolute Gasteiger partial charge is 0.339 e. The SMILES string of the molecule is CCNC(C)(C)C(=O)Nc1ccc(C(=O)O)c(OC)c1. The van der Waals surface area contributed by atoms with E-state index in [1.165, 1.54) is 25.3 Å². The summed E-state index contributed by atoms with van der Waals surface area (Å²) in [5.74, 6) is -1.08. The molecule has 6 nitrogen and oxygen atoms in total. The summed E-state index contributed by atoms with van der Waals surface area (Å²) in [5.41, 5.74) is -0.174. The number of carboxylic acid groups (broad SMARTS) is 1. The van der Waals surface area contributed by atoms with E-state index in [-0.39, 0.29) is 17.2 Å². The lowest BCUT2D eigenvalue weighted by molar-refractivity contribution is -0.121. The Bertz CT molecular complexity index is 512. The molecule has 0 saturated carbocycles. The van der Waals surface area contributed by atoms with Crippen LogP contribution in [0.25, 0.3) is 0 Å². The first-order chi connectivity index (χ1) is 9.31. The maximum absolute atomic E-state index is 12.1. The van der Waals surface area contributed by atoms with Crippen molar-refractivity contribution in [2.45, 2.75) is 26.3 Å². The van der Waals surface area contributed by atoms with Crippen LogP contribution in [0.4, 0.5) is 5.69 Å². The van der Waals surface area contributed by atoms with Gasteiger partial charge in [-0.3, -0.25) is 4.79 Å². The van der Waals surface area contributed by atoms with Crippen LogP contribution in [0.1, 0.15) is 31.1 Å². The van der Waals surface area contributed by atoms with Crippen LogP contribution in [-0.2, 0) is 4.79 Å².